The van der Waals surface area contributed by atoms with Gasteiger partial charge in [0.1, 0.15) is 5.75 Å². The summed E-state index contributed by atoms with van der Waals surface area (Å²) in [5.74, 6) is -0.338. The molecule has 0 saturated heterocycles. The second kappa shape index (κ2) is 6.84. The van der Waals surface area contributed by atoms with Crippen LogP contribution in [-0.2, 0) is 6.61 Å². The molecule has 0 bridgehead atoms. The lowest BCUT2D eigenvalue weighted by atomic mass is 9.96. The van der Waals surface area contributed by atoms with Gasteiger partial charge in [-0.2, -0.15) is 5.10 Å². The molecule has 130 valence electrons. The van der Waals surface area contributed by atoms with Gasteiger partial charge in [0.15, 0.2) is 0 Å². The fourth-order valence-electron chi connectivity index (χ4n) is 3.14. The fourth-order valence-corrected chi connectivity index (χ4v) is 3.14. The first-order chi connectivity index (χ1) is 11.4. The maximum Gasteiger partial charge on any atom is 0.573 e. The fraction of sp³-hybridized carbons (Fsp3) is 0.471. The molecule has 0 spiro atoms. The molecule has 1 aliphatic rings. The van der Waals surface area contributed by atoms with Gasteiger partial charge in [-0.1, -0.05) is 19.3 Å². The molecule has 1 aromatic carbocycles. The molecule has 0 amide bonds. The Kier molecular flexibility index (Phi) is 4.80. The van der Waals surface area contributed by atoms with Crippen LogP contribution in [-0.4, -0.2) is 21.2 Å². The summed E-state index contributed by atoms with van der Waals surface area (Å²) in [7, 11) is 0. The zero-order valence-corrected chi connectivity index (χ0v) is 13.1. The lowest BCUT2D eigenvalue weighted by molar-refractivity contribution is -0.274. The standard InChI is InChI=1S/C17H19F3N2O2/c18-17(19,20)24-16-7-12(11-23)6-13(8-16)14-9-21-22(10-14)15-4-2-1-3-5-15/h6-10,15,23H,1-5,11H2. The summed E-state index contributed by atoms with van der Waals surface area (Å²) in [6.07, 6.45) is 4.44. The normalized spacial score (nSPS) is 16.3. The van der Waals surface area contributed by atoms with Crippen LogP contribution in [0, 0.1) is 0 Å². The van der Waals surface area contributed by atoms with Crippen LogP contribution in [0.15, 0.2) is 30.6 Å². The van der Waals surface area contributed by atoms with Crippen molar-refractivity contribution in [2.45, 2.75) is 51.1 Å². The van der Waals surface area contributed by atoms with E-state index in [4.69, 9.17) is 0 Å². The number of ether oxygens (including phenoxy) is 1. The van der Waals surface area contributed by atoms with Crippen LogP contribution >= 0.6 is 0 Å². The van der Waals surface area contributed by atoms with Crippen molar-refractivity contribution in [3.05, 3.63) is 36.2 Å². The van der Waals surface area contributed by atoms with Crippen molar-refractivity contribution in [2.75, 3.05) is 0 Å². The third-order valence-corrected chi connectivity index (χ3v) is 4.27. The monoisotopic (exact) mass is 340 g/mol. The van der Waals surface area contributed by atoms with Gasteiger partial charge in [0.25, 0.3) is 0 Å². The molecule has 0 unspecified atom stereocenters. The first-order valence-corrected chi connectivity index (χ1v) is 8.00. The van der Waals surface area contributed by atoms with Crippen LogP contribution in [0.2, 0.25) is 0 Å². The predicted octanol–water partition coefficient (Wildman–Crippen LogP) is 4.45. The second-order valence-electron chi connectivity index (χ2n) is 6.07. The maximum absolute atomic E-state index is 12.5. The quantitative estimate of drug-likeness (QED) is 0.895. The van der Waals surface area contributed by atoms with Gasteiger partial charge in [-0.25, -0.2) is 0 Å². The summed E-state index contributed by atoms with van der Waals surface area (Å²) in [5.41, 5.74) is 1.61. The minimum Gasteiger partial charge on any atom is -0.406 e. The highest BCUT2D eigenvalue weighted by Crippen LogP contribution is 2.32. The smallest absolute Gasteiger partial charge is 0.406 e. The van der Waals surface area contributed by atoms with E-state index < -0.39 is 6.36 Å². The van der Waals surface area contributed by atoms with Crippen molar-refractivity contribution >= 4 is 0 Å². The van der Waals surface area contributed by atoms with Gasteiger partial charge in [-0.15, -0.1) is 13.2 Å². The van der Waals surface area contributed by atoms with Gasteiger partial charge in [-0.3, -0.25) is 4.68 Å². The molecule has 0 radical (unpaired) electrons. The van der Waals surface area contributed by atoms with E-state index >= 15 is 0 Å². The van der Waals surface area contributed by atoms with Crippen molar-refractivity contribution < 1.29 is 23.0 Å². The lowest BCUT2D eigenvalue weighted by Gasteiger charge is -2.21. The van der Waals surface area contributed by atoms with Gasteiger partial charge in [0.2, 0.25) is 0 Å². The lowest BCUT2D eigenvalue weighted by Crippen LogP contribution is -2.17. The Bertz CT molecular complexity index is 691. The Morgan fingerprint density at radius 1 is 1.12 bits per heavy atom. The third kappa shape index (κ3) is 4.08. The van der Waals surface area contributed by atoms with Gasteiger partial charge in [0, 0.05) is 11.8 Å². The van der Waals surface area contributed by atoms with Gasteiger partial charge in [-0.05, 0) is 42.2 Å². The molecule has 0 atom stereocenters. The molecular formula is C17H19F3N2O2. The summed E-state index contributed by atoms with van der Waals surface area (Å²) in [5, 5.41) is 13.7. The SMILES string of the molecule is OCc1cc(OC(F)(F)F)cc(-c2cnn(C3CCCCC3)c2)c1. The Balaban J connectivity index is 1.88. The number of alkyl halides is 3. The molecule has 1 saturated carbocycles. The van der Waals surface area contributed by atoms with Crippen LogP contribution in [0.3, 0.4) is 0 Å². The van der Waals surface area contributed by atoms with E-state index in [9.17, 15) is 18.3 Å². The summed E-state index contributed by atoms with van der Waals surface area (Å²) < 4.78 is 43.3. The van der Waals surface area contributed by atoms with E-state index in [1.54, 1.807) is 12.3 Å². The average Bonchev–Trinajstić information content (AvgIpc) is 3.04. The second-order valence-corrected chi connectivity index (χ2v) is 6.07. The van der Waals surface area contributed by atoms with Crippen molar-refractivity contribution in [1.82, 2.24) is 9.78 Å². The Labute approximate surface area is 137 Å². The molecule has 7 heteroatoms. The van der Waals surface area contributed by atoms with Crippen LogP contribution in [0.5, 0.6) is 5.75 Å². The first kappa shape index (κ1) is 16.8. The Morgan fingerprint density at radius 2 is 1.88 bits per heavy atom. The van der Waals surface area contributed by atoms with Gasteiger partial charge < -0.3 is 9.84 Å². The molecular weight excluding hydrogens is 321 g/mol. The zero-order chi connectivity index (χ0) is 17.2. The molecule has 1 fully saturated rings. The van der Waals surface area contributed by atoms with Crippen molar-refractivity contribution in [3.8, 4) is 16.9 Å². The highest BCUT2D eigenvalue weighted by atomic mass is 19.4. The van der Waals surface area contributed by atoms with Crippen LogP contribution in [0.4, 0.5) is 13.2 Å². The highest BCUT2D eigenvalue weighted by Gasteiger charge is 2.31. The number of rotatable bonds is 4. The number of aliphatic hydroxyl groups is 1. The molecule has 3 rings (SSSR count). The van der Waals surface area contributed by atoms with Crippen LogP contribution in [0.1, 0.15) is 43.7 Å². The van der Waals surface area contributed by atoms with E-state index in [1.807, 2.05) is 10.9 Å². The number of aromatic nitrogens is 2. The van der Waals surface area contributed by atoms with E-state index in [0.717, 1.165) is 12.8 Å². The highest BCUT2D eigenvalue weighted by molar-refractivity contribution is 5.64. The molecule has 2 aromatic rings. The summed E-state index contributed by atoms with van der Waals surface area (Å²) >= 11 is 0. The minimum atomic E-state index is -4.77. The minimum absolute atomic E-state index is 0.338. The summed E-state index contributed by atoms with van der Waals surface area (Å²) in [6, 6.07) is 4.49. The maximum atomic E-state index is 12.5. The number of benzene rings is 1. The van der Waals surface area contributed by atoms with E-state index in [-0.39, 0.29) is 12.4 Å². The van der Waals surface area contributed by atoms with Crippen molar-refractivity contribution in [1.29, 1.82) is 0 Å². The van der Waals surface area contributed by atoms with Crippen LogP contribution < -0.4 is 4.74 Å². The Morgan fingerprint density at radius 3 is 2.54 bits per heavy atom. The van der Waals surface area contributed by atoms with Gasteiger partial charge in [0.05, 0.1) is 18.8 Å². The van der Waals surface area contributed by atoms with Crippen molar-refractivity contribution in [2.24, 2.45) is 0 Å². The zero-order valence-electron chi connectivity index (χ0n) is 13.1. The number of hydrogen-bond acceptors (Lipinski definition) is 3. The largest absolute Gasteiger partial charge is 0.573 e. The molecule has 1 aromatic heterocycles. The summed E-state index contributed by atoms with van der Waals surface area (Å²) in [4.78, 5) is 0. The van der Waals surface area contributed by atoms with Crippen LogP contribution in [0.25, 0.3) is 11.1 Å². The molecule has 1 aliphatic carbocycles. The number of hydrogen-bond donors (Lipinski definition) is 1. The van der Waals surface area contributed by atoms with E-state index in [0.29, 0.717) is 22.7 Å². The molecule has 1 heterocycles. The third-order valence-electron chi connectivity index (χ3n) is 4.27. The average molecular weight is 340 g/mol. The molecule has 4 nitrogen and oxygen atoms in total. The van der Waals surface area contributed by atoms with Gasteiger partial charge >= 0.3 is 6.36 Å². The first-order valence-electron chi connectivity index (χ1n) is 8.00. The molecule has 24 heavy (non-hydrogen) atoms. The number of nitrogens with zero attached hydrogens (tertiary/aromatic N) is 2. The number of halogens is 3. The molecule has 0 aliphatic heterocycles. The summed E-state index contributed by atoms with van der Waals surface area (Å²) in [6.45, 7) is -0.362. The topological polar surface area (TPSA) is 47.3 Å². The number of aliphatic hydroxyl groups excluding tert-OH is 1. The van der Waals surface area contributed by atoms with E-state index in [2.05, 4.69) is 9.84 Å². The predicted molar refractivity (Wildman–Crippen MR) is 82.4 cm³/mol. The molecule has 1 N–H and O–H groups in total. The Hall–Kier alpha value is -2.02. The van der Waals surface area contributed by atoms with E-state index in [1.165, 1.54) is 31.4 Å². The van der Waals surface area contributed by atoms with Crippen molar-refractivity contribution in [3.63, 3.8) is 0 Å².